The predicted octanol–water partition coefficient (Wildman–Crippen LogP) is 3.37. The highest BCUT2D eigenvalue weighted by Crippen LogP contribution is 2.26. The lowest BCUT2D eigenvalue weighted by molar-refractivity contribution is 0.102. The van der Waals surface area contributed by atoms with Gasteiger partial charge in [-0.2, -0.15) is 0 Å². The summed E-state index contributed by atoms with van der Waals surface area (Å²) < 4.78 is 23.2. The standard InChI is InChI=1S/C13H16N2O3S3/c1-4-8(2)9-7-20-13(14-9)15-12(16)11-10(5-6-19-11)21(3,17)18/h5-8H,4H2,1-3H3,(H,14,15,16)/t8-/m1/s1. The Labute approximate surface area is 132 Å². The van der Waals surface area contributed by atoms with Crippen LogP contribution in [0.2, 0.25) is 0 Å². The van der Waals surface area contributed by atoms with E-state index < -0.39 is 15.7 Å². The van der Waals surface area contributed by atoms with E-state index in [9.17, 15) is 13.2 Å². The second-order valence-corrected chi connectivity index (χ2v) is 8.49. The Balaban J connectivity index is 2.19. The number of hydrogen-bond donors (Lipinski definition) is 1. The SMILES string of the molecule is CC[C@@H](C)c1csc(NC(=O)c2sccc2S(C)(=O)=O)n1. The van der Waals surface area contributed by atoms with Crippen LogP contribution in [0.15, 0.2) is 21.7 Å². The second kappa shape index (κ2) is 6.25. The fourth-order valence-electron chi connectivity index (χ4n) is 1.69. The van der Waals surface area contributed by atoms with Gasteiger partial charge in [-0.05, 0) is 23.8 Å². The smallest absolute Gasteiger partial charge is 0.268 e. The summed E-state index contributed by atoms with van der Waals surface area (Å²) in [6.45, 7) is 4.15. The van der Waals surface area contributed by atoms with Gasteiger partial charge < -0.3 is 0 Å². The van der Waals surface area contributed by atoms with Crippen LogP contribution in [0.5, 0.6) is 0 Å². The first-order chi connectivity index (χ1) is 9.82. The molecule has 0 spiro atoms. The van der Waals surface area contributed by atoms with Gasteiger partial charge in [0.15, 0.2) is 15.0 Å². The Kier molecular flexibility index (Phi) is 4.80. The number of thiophene rings is 1. The molecule has 0 saturated carbocycles. The van der Waals surface area contributed by atoms with Crippen molar-refractivity contribution in [3.63, 3.8) is 0 Å². The topological polar surface area (TPSA) is 76.1 Å². The number of thiazole rings is 1. The molecule has 21 heavy (non-hydrogen) atoms. The van der Waals surface area contributed by atoms with E-state index >= 15 is 0 Å². The van der Waals surface area contributed by atoms with Gasteiger partial charge in [-0.3, -0.25) is 10.1 Å². The number of carbonyl (C=O) groups is 1. The molecule has 2 aromatic rings. The summed E-state index contributed by atoms with van der Waals surface area (Å²) >= 11 is 2.45. The average molecular weight is 344 g/mol. The summed E-state index contributed by atoms with van der Waals surface area (Å²) in [7, 11) is -3.41. The first-order valence-electron chi connectivity index (χ1n) is 6.37. The van der Waals surface area contributed by atoms with Gasteiger partial charge in [0.25, 0.3) is 5.91 Å². The van der Waals surface area contributed by atoms with E-state index in [0.717, 1.165) is 29.7 Å². The van der Waals surface area contributed by atoms with Crippen LogP contribution in [-0.2, 0) is 9.84 Å². The minimum absolute atomic E-state index is 0.0590. The molecular formula is C13H16N2O3S3. The van der Waals surface area contributed by atoms with Crippen molar-refractivity contribution < 1.29 is 13.2 Å². The molecule has 0 aromatic carbocycles. The van der Waals surface area contributed by atoms with Crippen molar-refractivity contribution in [1.82, 2.24) is 4.98 Å². The van der Waals surface area contributed by atoms with Crippen molar-refractivity contribution in [3.8, 4) is 0 Å². The number of hydrogen-bond acceptors (Lipinski definition) is 6. The van der Waals surface area contributed by atoms with Crippen molar-refractivity contribution in [1.29, 1.82) is 0 Å². The number of sulfone groups is 1. The third-order valence-corrected chi connectivity index (χ3v) is 6.05. The molecule has 0 aliphatic heterocycles. The summed E-state index contributed by atoms with van der Waals surface area (Å²) in [5, 5.41) is 6.67. The van der Waals surface area contributed by atoms with Crippen LogP contribution in [0, 0.1) is 0 Å². The van der Waals surface area contributed by atoms with Crippen molar-refractivity contribution in [2.24, 2.45) is 0 Å². The van der Waals surface area contributed by atoms with Gasteiger partial charge in [0.05, 0.1) is 10.6 Å². The van der Waals surface area contributed by atoms with E-state index in [0.29, 0.717) is 11.0 Å². The van der Waals surface area contributed by atoms with Crippen LogP contribution in [0.3, 0.4) is 0 Å². The number of amides is 1. The van der Waals surface area contributed by atoms with Crippen LogP contribution in [0.1, 0.15) is 41.6 Å². The minimum atomic E-state index is -3.41. The highest BCUT2D eigenvalue weighted by molar-refractivity contribution is 7.91. The maximum absolute atomic E-state index is 12.2. The summed E-state index contributed by atoms with van der Waals surface area (Å²) in [6.07, 6.45) is 2.07. The van der Waals surface area contributed by atoms with Crippen LogP contribution < -0.4 is 5.32 Å². The lowest BCUT2D eigenvalue weighted by Crippen LogP contribution is -2.13. The van der Waals surface area contributed by atoms with E-state index in [4.69, 9.17) is 0 Å². The van der Waals surface area contributed by atoms with Gasteiger partial charge in [0.2, 0.25) is 0 Å². The zero-order chi connectivity index (χ0) is 15.6. The molecule has 0 saturated heterocycles. The molecule has 0 aliphatic rings. The molecule has 0 fully saturated rings. The largest absolute Gasteiger partial charge is 0.297 e. The Hall–Kier alpha value is -1.25. The van der Waals surface area contributed by atoms with Gasteiger partial charge in [-0.1, -0.05) is 13.8 Å². The number of rotatable bonds is 5. The fraction of sp³-hybridized carbons (Fsp3) is 0.385. The molecule has 0 unspecified atom stereocenters. The van der Waals surface area contributed by atoms with Crippen LogP contribution >= 0.6 is 22.7 Å². The molecule has 0 aliphatic carbocycles. The molecule has 1 atom stereocenters. The molecule has 114 valence electrons. The number of nitrogens with zero attached hydrogens (tertiary/aromatic N) is 1. The molecule has 5 nitrogen and oxygen atoms in total. The van der Waals surface area contributed by atoms with Gasteiger partial charge in [0.1, 0.15) is 4.88 Å². The Morgan fingerprint density at radius 2 is 2.14 bits per heavy atom. The molecule has 2 rings (SSSR count). The van der Waals surface area contributed by atoms with E-state index in [1.165, 1.54) is 17.4 Å². The number of nitrogens with one attached hydrogen (secondary N) is 1. The van der Waals surface area contributed by atoms with Crippen molar-refractivity contribution in [3.05, 3.63) is 27.4 Å². The maximum atomic E-state index is 12.2. The van der Waals surface area contributed by atoms with Gasteiger partial charge >= 0.3 is 0 Å². The number of anilines is 1. The zero-order valence-corrected chi connectivity index (χ0v) is 14.4. The number of carbonyl (C=O) groups excluding carboxylic acids is 1. The van der Waals surface area contributed by atoms with Crippen LogP contribution in [0.25, 0.3) is 0 Å². The Morgan fingerprint density at radius 1 is 1.43 bits per heavy atom. The highest BCUT2D eigenvalue weighted by Gasteiger charge is 2.21. The molecule has 8 heteroatoms. The maximum Gasteiger partial charge on any atom is 0.268 e. The van der Waals surface area contributed by atoms with Gasteiger partial charge in [0, 0.05) is 11.6 Å². The number of aromatic nitrogens is 1. The summed E-state index contributed by atoms with van der Waals surface area (Å²) in [6, 6.07) is 1.45. The minimum Gasteiger partial charge on any atom is -0.297 e. The molecule has 2 aromatic heterocycles. The van der Waals surface area contributed by atoms with Crippen LogP contribution in [0.4, 0.5) is 5.13 Å². The molecule has 0 radical (unpaired) electrons. The van der Waals surface area contributed by atoms with Gasteiger partial charge in [-0.25, -0.2) is 13.4 Å². The molecule has 2 heterocycles. The first-order valence-corrected chi connectivity index (χ1v) is 10.0. The highest BCUT2D eigenvalue weighted by atomic mass is 32.2. The molecule has 0 bridgehead atoms. The van der Waals surface area contributed by atoms with Crippen molar-refractivity contribution in [2.45, 2.75) is 31.1 Å². The van der Waals surface area contributed by atoms with Gasteiger partial charge in [-0.15, -0.1) is 22.7 Å². The van der Waals surface area contributed by atoms with E-state index in [1.807, 2.05) is 5.38 Å². The Bertz CT molecular complexity index is 746. The lowest BCUT2D eigenvalue weighted by Gasteiger charge is -2.04. The normalized spacial score (nSPS) is 13.1. The second-order valence-electron chi connectivity index (χ2n) is 4.73. The van der Waals surface area contributed by atoms with E-state index in [2.05, 4.69) is 24.1 Å². The summed E-state index contributed by atoms with van der Waals surface area (Å²) in [5.41, 5.74) is 0.937. The van der Waals surface area contributed by atoms with Crippen molar-refractivity contribution >= 4 is 43.5 Å². The first kappa shape index (κ1) is 16.1. The fourth-order valence-corrected chi connectivity index (χ4v) is 4.63. The summed E-state index contributed by atoms with van der Waals surface area (Å²) in [5.74, 6) is -0.101. The summed E-state index contributed by atoms with van der Waals surface area (Å²) in [4.78, 5) is 16.8. The quantitative estimate of drug-likeness (QED) is 0.902. The third-order valence-electron chi connectivity index (χ3n) is 3.09. The Morgan fingerprint density at radius 3 is 2.76 bits per heavy atom. The van der Waals surface area contributed by atoms with Crippen LogP contribution in [-0.4, -0.2) is 25.6 Å². The van der Waals surface area contributed by atoms with E-state index in [1.54, 1.807) is 5.38 Å². The zero-order valence-electron chi connectivity index (χ0n) is 11.9. The average Bonchev–Trinajstić information content (AvgIpc) is 3.05. The van der Waals surface area contributed by atoms with Crippen molar-refractivity contribution in [2.75, 3.05) is 11.6 Å². The third kappa shape index (κ3) is 3.69. The molecule has 1 amide bonds. The predicted molar refractivity (Wildman–Crippen MR) is 86.2 cm³/mol. The monoisotopic (exact) mass is 344 g/mol. The molecule has 1 N–H and O–H groups in total. The molecular weight excluding hydrogens is 328 g/mol. The van der Waals surface area contributed by atoms with E-state index in [-0.39, 0.29) is 9.77 Å². The lowest BCUT2D eigenvalue weighted by atomic mass is 10.1.